The van der Waals surface area contributed by atoms with E-state index < -0.39 is 6.23 Å². The lowest BCUT2D eigenvalue weighted by molar-refractivity contribution is -0.118. The maximum absolute atomic E-state index is 12.6. The lowest BCUT2D eigenvalue weighted by Gasteiger charge is -2.29. The van der Waals surface area contributed by atoms with E-state index in [4.69, 9.17) is 4.74 Å². The van der Waals surface area contributed by atoms with E-state index in [-0.39, 0.29) is 5.91 Å². The minimum Gasteiger partial charge on any atom is -0.445 e. The topological polar surface area (TPSA) is 73.1 Å². The minimum atomic E-state index is -0.652. The number of aromatic nitrogens is 4. The van der Waals surface area contributed by atoms with Crippen LogP contribution in [0.4, 0.5) is 5.69 Å². The van der Waals surface area contributed by atoms with Crippen molar-refractivity contribution in [3.05, 3.63) is 48.3 Å². The Morgan fingerprint density at radius 3 is 2.69 bits per heavy atom. The van der Waals surface area contributed by atoms with Crippen LogP contribution in [-0.2, 0) is 11.8 Å². The second-order valence-corrected chi connectivity index (χ2v) is 6.65. The van der Waals surface area contributed by atoms with Crippen molar-refractivity contribution in [1.82, 2.24) is 19.7 Å². The molecule has 7 nitrogen and oxygen atoms in total. The molecule has 1 atom stereocenters. The number of ether oxygens (including phenoxy) is 1. The summed E-state index contributed by atoms with van der Waals surface area (Å²) in [6, 6.07) is 11.4. The fourth-order valence-corrected chi connectivity index (χ4v) is 3.36. The standard InChI is InChI=1S/C18H17N5O2S/c1-11(24)23-13-8-5-4-7-12(13)15-16(19-18(26-3)21-20-15)25-17(23)14-9-6-10-22(14)2/h4-10,17H,1-3H3/t17-/m0/s1. The molecule has 8 heteroatoms. The van der Waals surface area contributed by atoms with E-state index in [0.29, 0.717) is 16.7 Å². The zero-order valence-corrected chi connectivity index (χ0v) is 15.4. The summed E-state index contributed by atoms with van der Waals surface area (Å²) in [7, 11) is 1.92. The highest BCUT2D eigenvalue weighted by molar-refractivity contribution is 7.98. The van der Waals surface area contributed by atoms with Gasteiger partial charge < -0.3 is 9.30 Å². The number of nitrogens with zero attached hydrogens (tertiary/aromatic N) is 5. The van der Waals surface area contributed by atoms with E-state index in [1.165, 1.54) is 18.7 Å². The van der Waals surface area contributed by atoms with E-state index >= 15 is 0 Å². The van der Waals surface area contributed by atoms with Gasteiger partial charge in [-0.2, -0.15) is 4.98 Å². The molecule has 1 aliphatic rings. The molecule has 0 fully saturated rings. The molecule has 1 aromatic carbocycles. The van der Waals surface area contributed by atoms with Gasteiger partial charge in [0.05, 0.1) is 11.4 Å². The first-order valence-corrected chi connectivity index (χ1v) is 9.28. The van der Waals surface area contributed by atoms with E-state index in [9.17, 15) is 4.79 Å². The molecule has 1 amide bonds. The second kappa shape index (κ2) is 6.45. The molecule has 132 valence electrons. The smallest absolute Gasteiger partial charge is 0.247 e. The van der Waals surface area contributed by atoms with Gasteiger partial charge in [0.1, 0.15) is 0 Å². The number of thioether (sulfide) groups is 1. The van der Waals surface area contributed by atoms with Crippen molar-refractivity contribution >= 4 is 23.4 Å². The van der Waals surface area contributed by atoms with Crippen molar-refractivity contribution in [2.45, 2.75) is 18.3 Å². The number of carbonyl (C=O) groups excluding carboxylic acids is 1. The van der Waals surface area contributed by atoms with Crippen LogP contribution in [0.1, 0.15) is 18.8 Å². The molecule has 0 saturated heterocycles. The van der Waals surface area contributed by atoms with Crippen LogP contribution in [0, 0.1) is 0 Å². The van der Waals surface area contributed by atoms with Crippen molar-refractivity contribution in [3.63, 3.8) is 0 Å². The quantitative estimate of drug-likeness (QED) is 0.648. The fraction of sp³-hybridized carbons (Fsp3) is 0.222. The van der Waals surface area contributed by atoms with Crippen LogP contribution >= 0.6 is 11.8 Å². The Kier molecular flexibility index (Phi) is 4.12. The third kappa shape index (κ3) is 2.62. The molecular weight excluding hydrogens is 350 g/mol. The average molecular weight is 367 g/mol. The Labute approximate surface area is 155 Å². The van der Waals surface area contributed by atoms with Gasteiger partial charge in [-0.3, -0.25) is 9.69 Å². The van der Waals surface area contributed by atoms with Crippen LogP contribution in [0.15, 0.2) is 47.8 Å². The zero-order valence-electron chi connectivity index (χ0n) is 14.6. The lowest BCUT2D eigenvalue weighted by Crippen LogP contribution is -2.37. The van der Waals surface area contributed by atoms with Crippen LogP contribution in [0.5, 0.6) is 5.88 Å². The van der Waals surface area contributed by atoms with Crippen LogP contribution < -0.4 is 9.64 Å². The van der Waals surface area contributed by atoms with E-state index in [2.05, 4.69) is 15.2 Å². The lowest BCUT2D eigenvalue weighted by atomic mass is 10.1. The molecule has 3 aromatic rings. The summed E-state index contributed by atoms with van der Waals surface area (Å²) in [5.41, 5.74) is 2.86. The summed E-state index contributed by atoms with van der Waals surface area (Å²) in [4.78, 5) is 18.7. The summed E-state index contributed by atoms with van der Waals surface area (Å²) in [6.45, 7) is 1.53. The zero-order chi connectivity index (χ0) is 18.3. The molecular formula is C18H17N5O2S. The van der Waals surface area contributed by atoms with Gasteiger partial charge in [0.25, 0.3) is 0 Å². The summed E-state index contributed by atoms with van der Waals surface area (Å²) >= 11 is 1.39. The normalized spacial score (nSPS) is 15.7. The highest BCUT2D eigenvalue weighted by atomic mass is 32.2. The SMILES string of the molecule is CSc1nnc2c(n1)O[C@@H](c1cccn1C)N(C(C)=O)c1ccccc1-2. The number of benzene rings is 1. The first kappa shape index (κ1) is 16.6. The Morgan fingerprint density at radius 2 is 2.00 bits per heavy atom. The molecule has 0 N–H and O–H groups in total. The maximum Gasteiger partial charge on any atom is 0.247 e. The molecule has 3 heterocycles. The number of rotatable bonds is 2. The van der Waals surface area contributed by atoms with Crippen LogP contribution in [0.25, 0.3) is 11.3 Å². The molecule has 26 heavy (non-hydrogen) atoms. The Balaban J connectivity index is 1.99. The number of hydrogen-bond donors (Lipinski definition) is 0. The Morgan fingerprint density at radius 1 is 1.19 bits per heavy atom. The van der Waals surface area contributed by atoms with Crippen molar-refractivity contribution in [2.75, 3.05) is 11.2 Å². The molecule has 0 unspecified atom stereocenters. The second-order valence-electron chi connectivity index (χ2n) is 5.87. The van der Waals surface area contributed by atoms with Crippen LogP contribution in [-0.4, -0.2) is 31.9 Å². The molecule has 2 aromatic heterocycles. The molecule has 0 bridgehead atoms. The molecule has 0 spiro atoms. The number of fused-ring (bicyclic) bond motifs is 3. The number of amides is 1. The molecule has 1 aliphatic heterocycles. The number of para-hydroxylation sites is 1. The van der Waals surface area contributed by atoms with Gasteiger partial charge >= 0.3 is 0 Å². The summed E-state index contributed by atoms with van der Waals surface area (Å²) in [6.07, 6.45) is 3.14. The van der Waals surface area contributed by atoms with Gasteiger partial charge in [-0.05, 0) is 24.5 Å². The number of hydrogen-bond acceptors (Lipinski definition) is 6. The van der Waals surface area contributed by atoms with Gasteiger partial charge in [-0.1, -0.05) is 30.0 Å². The Bertz CT molecular complexity index is 987. The third-order valence-electron chi connectivity index (χ3n) is 4.27. The Hall–Kier alpha value is -2.87. The largest absolute Gasteiger partial charge is 0.445 e. The molecule has 0 saturated carbocycles. The number of anilines is 1. The van der Waals surface area contributed by atoms with E-state index in [0.717, 1.165) is 16.9 Å². The van der Waals surface area contributed by atoms with Crippen LogP contribution in [0.2, 0.25) is 0 Å². The van der Waals surface area contributed by atoms with Gasteiger partial charge in [0.2, 0.25) is 23.2 Å². The number of aryl methyl sites for hydroxylation is 1. The molecule has 0 radical (unpaired) electrons. The predicted octanol–water partition coefficient (Wildman–Crippen LogP) is 3.04. The third-order valence-corrected chi connectivity index (χ3v) is 4.81. The monoisotopic (exact) mass is 367 g/mol. The molecule has 0 aliphatic carbocycles. The van der Waals surface area contributed by atoms with E-state index in [1.807, 2.05) is 60.5 Å². The first-order chi connectivity index (χ1) is 12.6. The maximum atomic E-state index is 12.6. The highest BCUT2D eigenvalue weighted by Crippen LogP contribution is 2.43. The average Bonchev–Trinajstić information content (AvgIpc) is 3.00. The summed E-state index contributed by atoms with van der Waals surface area (Å²) < 4.78 is 8.17. The van der Waals surface area contributed by atoms with E-state index in [1.54, 1.807) is 4.90 Å². The fourth-order valence-electron chi connectivity index (χ4n) is 3.06. The van der Waals surface area contributed by atoms with Crippen molar-refractivity contribution in [2.24, 2.45) is 7.05 Å². The first-order valence-electron chi connectivity index (χ1n) is 8.06. The van der Waals surface area contributed by atoms with Gasteiger partial charge in [0, 0.05) is 25.7 Å². The summed E-state index contributed by atoms with van der Waals surface area (Å²) in [5.74, 6) is 0.237. The van der Waals surface area contributed by atoms with Gasteiger partial charge in [-0.15, -0.1) is 10.2 Å². The summed E-state index contributed by atoms with van der Waals surface area (Å²) in [5, 5.41) is 8.98. The van der Waals surface area contributed by atoms with Crippen molar-refractivity contribution in [3.8, 4) is 17.1 Å². The predicted molar refractivity (Wildman–Crippen MR) is 99.0 cm³/mol. The minimum absolute atomic E-state index is 0.130. The number of carbonyl (C=O) groups is 1. The van der Waals surface area contributed by atoms with Gasteiger partial charge in [-0.25, -0.2) is 0 Å². The van der Waals surface area contributed by atoms with Crippen molar-refractivity contribution in [1.29, 1.82) is 0 Å². The van der Waals surface area contributed by atoms with Gasteiger partial charge in [0.15, 0.2) is 5.69 Å². The van der Waals surface area contributed by atoms with Crippen LogP contribution in [0.3, 0.4) is 0 Å². The van der Waals surface area contributed by atoms with Crippen molar-refractivity contribution < 1.29 is 9.53 Å². The highest BCUT2D eigenvalue weighted by Gasteiger charge is 2.35. The molecule has 4 rings (SSSR count).